The van der Waals surface area contributed by atoms with Crippen molar-refractivity contribution in [3.05, 3.63) is 0 Å². The minimum atomic E-state index is 0.114. The molecule has 1 heterocycles. The van der Waals surface area contributed by atoms with Gasteiger partial charge in [0.1, 0.15) is 0 Å². The molecule has 0 unspecified atom stereocenters. The van der Waals surface area contributed by atoms with Crippen molar-refractivity contribution in [1.82, 2.24) is 14.7 Å². The van der Waals surface area contributed by atoms with Crippen LogP contribution in [0.4, 0.5) is 0 Å². The number of nitrogens with two attached hydrogens (primary N) is 1. The average Bonchev–Trinajstić information content (AvgIpc) is 2.61. The summed E-state index contributed by atoms with van der Waals surface area (Å²) < 4.78 is 0. The smallest absolute Gasteiger partial charge is 0.236 e. The molecule has 0 aliphatic carbocycles. The summed E-state index contributed by atoms with van der Waals surface area (Å²) in [5, 5.41) is 0. The highest BCUT2D eigenvalue weighted by Gasteiger charge is 2.20. The fourth-order valence-electron chi connectivity index (χ4n) is 2.12. The summed E-state index contributed by atoms with van der Waals surface area (Å²) in [7, 11) is 3.53. The van der Waals surface area contributed by atoms with Gasteiger partial charge in [0, 0.05) is 46.7 Å². The van der Waals surface area contributed by atoms with Gasteiger partial charge >= 0.3 is 0 Å². The third-order valence-electron chi connectivity index (χ3n) is 3.39. The number of hydrogen-bond donors (Lipinski definition) is 1. The summed E-state index contributed by atoms with van der Waals surface area (Å²) in [6, 6.07) is 0. The highest BCUT2D eigenvalue weighted by Crippen LogP contribution is 2.06. The molecule has 0 saturated carbocycles. The van der Waals surface area contributed by atoms with Crippen molar-refractivity contribution < 1.29 is 9.59 Å². The molecule has 0 aromatic rings. The van der Waals surface area contributed by atoms with Gasteiger partial charge in [0.25, 0.3) is 0 Å². The maximum Gasteiger partial charge on any atom is 0.236 e. The molecule has 19 heavy (non-hydrogen) atoms. The molecule has 6 nitrogen and oxygen atoms in total. The molecule has 0 aromatic carbocycles. The van der Waals surface area contributed by atoms with Crippen LogP contribution in [0.1, 0.15) is 19.3 Å². The van der Waals surface area contributed by atoms with E-state index in [9.17, 15) is 9.59 Å². The van der Waals surface area contributed by atoms with Crippen LogP contribution in [-0.2, 0) is 9.59 Å². The number of amides is 2. The first-order valence-corrected chi connectivity index (χ1v) is 6.95. The van der Waals surface area contributed by atoms with Gasteiger partial charge in [-0.05, 0) is 19.4 Å². The van der Waals surface area contributed by atoms with Gasteiger partial charge in [-0.2, -0.15) is 0 Å². The third kappa shape index (κ3) is 5.57. The van der Waals surface area contributed by atoms with Crippen LogP contribution in [0.5, 0.6) is 0 Å². The fourth-order valence-corrected chi connectivity index (χ4v) is 2.12. The molecule has 0 bridgehead atoms. The van der Waals surface area contributed by atoms with E-state index in [1.54, 1.807) is 19.0 Å². The van der Waals surface area contributed by atoms with Crippen LogP contribution in [0.2, 0.25) is 0 Å². The van der Waals surface area contributed by atoms with Crippen LogP contribution in [0.3, 0.4) is 0 Å². The Kier molecular flexibility index (Phi) is 6.80. The molecule has 1 saturated heterocycles. The molecular formula is C13H26N4O2. The van der Waals surface area contributed by atoms with E-state index in [-0.39, 0.29) is 11.8 Å². The molecule has 0 aromatic heterocycles. The number of nitrogens with zero attached hydrogens (tertiary/aromatic N) is 3. The summed E-state index contributed by atoms with van der Waals surface area (Å²) in [4.78, 5) is 29.2. The number of rotatable bonds is 5. The first-order chi connectivity index (χ1) is 9.04. The average molecular weight is 270 g/mol. The maximum absolute atomic E-state index is 11.9. The van der Waals surface area contributed by atoms with Crippen molar-refractivity contribution in [2.24, 2.45) is 5.73 Å². The van der Waals surface area contributed by atoms with Gasteiger partial charge in [-0.15, -0.1) is 0 Å². The number of likely N-dealkylation sites (N-methyl/N-ethyl adjacent to an activating group) is 1. The molecule has 1 aliphatic heterocycles. The number of hydrogen-bond acceptors (Lipinski definition) is 4. The van der Waals surface area contributed by atoms with Crippen molar-refractivity contribution in [1.29, 1.82) is 0 Å². The van der Waals surface area contributed by atoms with Gasteiger partial charge in [-0.3, -0.25) is 14.5 Å². The molecule has 110 valence electrons. The van der Waals surface area contributed by atoms with E-state index in [0.29, 0.717) is 26.1 Å². The number of carbonyl (C=O) groups excluding carboxylic acids is 2. The SMILES string of the molecule is CN(C)C(=O)CN1CCCN(C(=O)CCCN)CC1. The van der Waals surface area contributed by atoms with E-state index in [2.05, 4.69) is 4.90 Å². The Bertz CT molecular complexity index is 307. The molecule has 1 rings (SSSR count). The van der Waals surface area contributed by atoms with Crippen molar-refractivity contribution in [3.63, 3.8) is 0 Å². The van der Waals surface area contributed by atoms with E-state index in [1.165, 1.54) is 0 Å². The second kappa shape index (κ2) is 8.12. The van der Waals surface area contributed by atoms with Gasteiger partial charge in [0.15, 0.2) is 0 Å². The Morgan fingerprint density at radius 3 is 2.53 bits per heavy atom. The van der Waals surface area contributed by atoms with Crippen molar-refractivity contribution in [2.75, 3.05) is 53.4 Å². The van der Waals surface area contributed by atoms with Crippen molar-refractivity contribution >= 4 is 11.8 Å². The van der Waals surface area contributed by atoms with Crippen LogP contribution in [0.25, 0.3) is 0 Å². The molecule has 1 aliphatic rings. The Morgan fingerprint density at radius 1 is 1.16 bits per heavy atom. The monoisotopic (exact) mass is 270 g/mol. The normalized spacial score (nSPS) is 17.1. The summed E-state index contributed by atoms with van der Waals surface area (Å²) >= 11 is 0. The molecule has 2 amide bonds. The van der Waals surface area contributed by atoms with E-state index in [1.807, 2.05) is 4.90 Å². The third-order valence-corrected chi connectivity index (χ3v) is 3.39. The topological polar surface area (TPSA) is 69.9 Å². The first-order valence-electron chi connectivity index (χ1n) is 6.95. The van der Waals surface area contributed by atoms with E-state index < -0.39 is 0 Å². The predicted octanol–water partition coefficient (Wildman–Crippen LogP) is -0.652. The van der Waals surface area contributed by atoms with Crippen LogP contribution >= 0.6 is 0 Å². The lowest BCUT2D eigenvalue weighted by molar-refractivity contribution is -0.131. The molecule has 1 fully saturated rings. The second-order valence-electron chi connectivity index (χ2n) is 5.19. The lowest BCUT2D eigenvalue weighted by Crippen LogP contribution is -2.39. The fraction of sp³-hybridized carbons (Fsp3) is 0.846. The summed E-state index contributed by atoms with van der Waals surface area (Å²) in [5.41, 5.74) is 5.42. The van der Waals surface area contributed by atoms with Gasteiger partial charge in [0.2, 0.25) is 11.8 Å². The van der Waals surface area contributed by atoms with Crippen molar-refractivity contribution in [3.8, 4) is 0 Å². The Labute approximate surface area is 115 Å². The number of carbonyl (C=O) groups is 2. The zero-order valence-electron chi connectivity index (χ0n) is 12.1. The first kappa shape index (κ1) is 15.9. The van der Waals surface area contributed by atoms with E-state index in [4.69, 9.17) is 5.73 Å². The van der Waals surface area contributed by atoms with Crippen LogP contribution in [0, 0.1) is 0 Å². The second-order valence-corrected chi connectivity index (χ2v) is 5.19. The maximum atomic E-state index is 11.9. The summed E-state index contributed by atoms with van der Waals surface area (Å²) in [6.45, 7) is 4.15. The standard InChI is InChI=1S/C13H26N4O2/c1-15(2)13(19)11-16-7-4-8-17(10-9-16)12(18)5-3-6-14/h3-11,14H2,1-2H3. The minimum absolute atomic E-state index is 0.114. The predicted molar refractivity (Wildman–Crippen MR) is 74.6 cm³/mol. The van der Waals surface area contributed by atoms with Gasteiger partial charge in [-0.25, -0.2) is 0 Å². The lowest BCUT2D eigenvalue weighted by Gasteiger charge is -2.22. The van der Waals surface area contributed by atoms with Crippen LogP contribution in [-0.4, -0.2) is 79.9 Å². The summed E-state index contributed by atoms with van der Waals surface area (Å²) in [5.74, 6) is 0.300. The summed E-state index contributed by atoms with van der Waals surface area (Å²) in [6.07, 6.45) is 2.21. The molecule has 0 spiro atoms. The van der Waals surface area contributed by atoms with E-state index >= 15 is 0 Å². The Balaban J connectivity index is 2.38. The molecule has 0 radical (unpaired) electrons. The zero-order valence-corrected chi connectivity index (χ0v) is 12.1. The highest BCUT2D eigenvalue weighted by molar-refractivity contribution is 5.78. The van der Waals surface area contributed by atoms with Gasteiger partial charge in [0.05, 0.1) is 6.54 Å². The lowest BCUT2D eigenvalue weighted by atomic mass is 10.2. The zero-order chi connectivity index (χ0) is 14.3. The van der Waals surface area contributed by atoms with Gasteiger partial charge in [-0.1, -0.05) is 0 Å². The quantitative estimate of drug-likeness (QED) is 0.720. The van der Waals surface area contributed by atoms with Crippen LogP contribution < -0.4 is 5.73 Å². The Morgan fingerprint density at radius 2 is 1.89 bits per heavy atom. The van der Waals surface area contributed by atoms with Gasteiger partial charge < -0.3 is 15.5 Å². The molecule has 0 atom stereocenters. The highest BCUT2D eigenvalue weighted by atomic mass is 16.2. The molecule has 6 heteroatoms. The minimum Gasteiger partial charge on any atom is -0.348 e. The molecule has 2 N–H and O–H groups in total. The molecular weight excluding hydrogens is 244 g/mol. The largest absolute Gasteiger partial charge is 0.348 e. The van der Waals surface area contributed by atoms with E-state index in [0.717, 1.165) is 32.5 Å². The van der Waals surface area contributed by atoms with Crippen molar-refractivity contribution in [2.45, 2.75) is 19.3 Å². The van der Waals surface area contributed by atoms with Crippen LogP contribution in [0.15, 0.2) is 0 Å². The Hall–Kier alpha value is -1.14.